The second-order valence-electron chi connectivity index (χ2n) is 6.00. The van der Waals surface area contributed by atoms with E-state index in [9.17, 15) is 4.79 Å². The minimum absolute atomic E-state index is 0.0737. The number of hydrogen-bond donors (Lipinski definition) is 1. The van der Waals surface area contributed by atoms with Gasteiger partial charge in [-0.25, -0.2) is 0 Å². The summed E-state index contributed by atoms with van der Waals surface area (Å²) in [7, 11) is 0. The van der Waals surface area contributed by atoms with Gasteiger partial charge in [-0.05, 0) is 65.7 Å². The number of hydrogen-bond acceptors (Lipinski definition) is 5. The summed E-state index contributed by atoms with van der Waals surface area (Å²) in [5.74, 6) is 0.958. The van der Waals surface area contributed by atoms with Crippen LogP contribution in [0.3, 0.4) is 0 Å². The second-order valence-corrected chi connectivity index (χ2v) is 6.92. The maximum absolute atomic E-state index is 12.2. The zero-order valence-corrected chi connectivity index (χ0v) is 16.7. The maximum atomic E-state index is 12.2. The zero-order valence-electron chi connectivity index (χ0n) is 15.1. The summed E-state index contributed by atoms with van der Waals surface area (Å²) >= 11 is 3.40. The fraction of sp³-hybridized carbons (Fsp3) is 0.263. The number of aryl methyl sites for hydroxylation is 1. The standard InChI is InChI=1S/C19H20BrN5O2/c1-3-14-4-10-17(11-5-14)27-12-18(26)21-13(2)19-22-23-24-25(19)16-8-6-15(20)7-9-16/h4-11,13H,3,12H2,1-2H3,(H,21,26). The van der Waals surface area contributed by atoms with Crippen molar-refractivity contribution in [2.24, 2.45) is 0 Å². The van der Waals surface area contributed by atoms with Crippen molar-refractivity contribution in [2.45, 2.75) is 26.3 Å². The molecule has 0 aliphatic carbocycles. The van der Waals surface area contributed by atoms with Gasteiger partial charge in [0.25, 0.3) is 5.91 Å². The van der Waals surface area contributed by atoms with E-state index in [1.165, 1.54) is 5.56 Å². The van der Waals surface area contributed by atoms with Gasteiger partial charge in [0.05, 0.1) is 11.7 Å². The van der Waals surface area contributed by atoms with Crippen LogP contribution in [0.2, 0.25) is 0 Å². The first-order valence-electron chi connectivity index (χ1n) is 8.62. The number of rotatable bonds is 7. The van der Waals surface area contributed by atoms with Gasteiger partial charge in [-0.2, -0.15) is 4.68 Å². The van der Waals surface area contributed by atoms with E-state index in [4.69, 9.17) is 4.74 Å². The van der Waals surface area contributed by atoms with Crippen LogP contribution in [-0.2, 0) is 11.2 Å². The fourth-order valence-electron chi connectivity index (χ4n) is 2.55. The summed E-state index contributed by atoms with van der Waals surface area (Å²) in [6.07, 6.45) is 0.964. The number of aromatic nitrogens is 4. The van der Waals surface area contributed by atoms with E-state index < -0.39 is 0 Å². The Hall–Kier alpha value is -2.74. The lowest BCUT2D eigenvalue weighted by Crippen LogP contribution is -2.32. The van der Waals surface area contributed by atoms with Gasteiger partial charge in [0.15, 0.2) is 12.4 Å². The molecule has 27 heavy (non-hydrogen) atoms. The average Bonchev–Trinajstić information content (AvgIpc) is 3.17. The largest absolute Gasteiger partial charge is 0.484 e. The van der Waals surface area contributed by atoms with E-state index in [0.29, 0.717) is 11.6 Å². The summed E-state index contributed by atoms with van der Waals surface area (Å²) in [6, 6.07) is 14.9. The minimum atomic E-state index is -0.373. The Morgan fingerprint density at radius 1 is 1.19 bits per heavy atom. The summed E-state index contributed by atoms with van der Waals surface area (Å²) in [5.41, 5.74) is 2.03. The van der Waals surface area contributed by atoms with E-state index in [-0.39, 0.29) is 18.6 Å². The van der Waals surface area contributed by atoms with Crippen LogP contribution in [0.4, 0.5) is 0 Å². The van der Waals surface area contributed by atoms with Crippen molar-refractivity contribution >= 4 is 21.8 Å². The lowest BCUT2D eigenvalue weighted by Gasteiger charge is -2.14. The van der Waals surface area contributed by atoms with Crippen LogP contribution in [0, 0.1) is 0 Å². The molecule has 0 radical (unpaired) electrons. The number of nitrogens with zero attached hydrogens (tertiary/aromatic N) is 4. The molecular weight excluding hydrogens is 410 g/mol. The van der Waals surface area contributed by atoms with Gasteiger partial charge in [-0.15, -0.1) is 5.10 Å². The third kappa shape index (κ3) is 4.91. The van der Waals surface area contributed by atoms with E-state index in [1.807, 2.05) is 55.5 Å². The molecule has 0 fully saturated rings. The summed E-state index contributed by atoms with van der Waals surface area (Å²) < 4.78 is 8.10. The first-order chi connectivity index (χ1) is 13.1. The second kappa shape index (κ2) is 8.77. The maximum Gasteiger partial charge on any atom is 0.258 e. The van der Waals surface area contributed by atoms with Gasteiger partial charge in [0, 0.05) is 4.47 Å². The summed E-state index contributed by atoms with van der Waals surface area (Å²) in [5, 5.41) is 14.6. The number of amides is 1. The lowest BCUT2D eigenvalue weighted by molar-refractivity contribution is -0.123. The molecule has 0 bridgehead atoms. The molecule has 140 valence electrons. The third-order valence-corrected chi connectivity index (χ3v) is 4.56. The highest BCUT2D eigenvalue weighted by Crippen LogP contribution is 2.17. The first-order valence-corrected chi connectivity index (χ1v) is 9.41. The molecule has 0 spiro atoms. The van der Waals surface area contributed by atoms with Crippen LogP contribution >= 0.6 is 15.9 Å². The Labute approximate surface area is 165 Å². The van der Waals surface area contributed by atoms with Gasteiger partial charge in [0.2, 0.25) is 0 Å². The van der Waals surface area contributed by atoms with Gasteiger partial charge in [0.1, 0.15) is 5.75 Å². The molecule has 1 unspecified atom stereocenters. The molecule has 0 saturated carbocycles. The Bertz CT molecular complexity index is 893. The molecule has 1 heterocycles. The highest BCUT2D eigenvalue weighted by molar-refractivity contribution is 9.10. The van der Waals surface area contributed by atoms with Crippen molar-refractivity contribution in [1.82, 2.24) is 25.5 Å². The van der Waals surface area contributed by atoms with E-state index in [2.05, 4.69) is 43.7 Å². The Morgan fingerprint density at radius 2 is 1.89 bits per heavy atom. The Kier molecular flexibility index (Phi) is 6.18. The predicted molar refractivity (Wildman–Crippen MR) is 105 cm³/mol. The van der Waals surface area contributed by atoms with E-state index in [0.717, 1.165) is 16.6 Å². The predicted octanol–water partition coefficient (Wildman–Crippen LogP) is 3.24. The number of nitrogens with one attached hydrogen (secondary N) is 1. The van der Waals surface area contributed by atoms with Crippen molar-refractivity contribution < 1.29 is 9.53 Å². The number of ether oxygens (including phenoxy) is 1. The molecule has 0 aliphatic heterocycles. The molecule has 3 aromatic rings. The Morgan fingerprint density at radius 3 is 2.56 bits per heavy atom. The lowest BCUT2D eigenvalue weighted by atomic mass is 10.2. The number of carbonyl (C=O) groups excluding carboxylic acids is 1. The quantitative estimate of drug-likeness (QED) is 0.623. The molecule has 1 amide bonds. The molecule has 1 N–H and O–H groups in total. The van der Waals surface area contributed by atoms with Crippen molar-refractivity contribution in [3.05, 3.63) is 64.4 Å². The SMILES string of the molecule is CCc1ccc(OCC(=O)NC(C)c2nnnn2-c2ccc(Br)cc2)cc1. The smallest absolute Gasteiger partial charge is 0.258 e. The third-order valence-electron chi connectivity index (χ3n) is 4.03. The highest BCUT2D eigenvalue weighted by atomic mass is 79.9. The summed E-state index contributed by atoms with van der Waals surface area (Å²) in [6.45, 7) is 3.84. The molecule has 3 rings (SSSR count). The molecule has 8 heteroatoms. The molecule has 1 aromatic heterocycles. The van der Waals surface area contributed by atoms with Crippen LogP contribution in [0.25, 0.3) is 5.69 Å². The average molecular weight is 430 g/mol. The van der Waals surface area contributed by atoms with Crippen molar-refractivity contribution in [3.63, 3.8) is 0 Å². The molecule has 0 aliphatic rings. The van der Waals surface area contributed by atoms with E-state index >= 15 is 0 Å². The van der Waals surface area contributed by atoms with Crippen LogP contribution in [0.15, 0.2) is 53.0 Å². The minimum Gasteiger partial charge on any atom is -0.484 e. The van der Waals surface area contributed by atoms with Gasteiger partial charge >= 0.3 is 0 Å². The monoisotopic (exact) mass is 429 g/mol. The molecule has 2 aromatic carbocycles. The van der Waals surface area contributed by atoms with Gasteiger partial charge in [-0.1, -0.05) is 35.0 Å². The number of halogens is 1. The van der Waals surface area contributed by atoms with Crippen molar-refractivity contribution in [3.8, 4) is 11.4 Å². The number of carbonyl (C=O) groups is 1. The van der Waals surface area contributed by atoms with E-state index in [1.54, 1.807) is 4.68 Å². The van der Waals surface area contributed by atoms with Crippen LogP contribution in [0.1, 0.15) is 31.3 Å². The topological polar surface area (TPSA) is 81.9 Å². The molecule has 0 saturated heterocycles. The normalized spacial score (nSPS) is 11.8. The van der Waals surface area contributed by atoms with Gasteiger partial charge in [-0.3, -0.25) is 4.79 Å². The molecule has 1 atom stereocenters. The Balaban J connectivity index is 1.60. The van der Waals surface area contributed by atoms with Crippen molar-refractivity contribution in [1.29, 1.82) is 0 Å². The molecular formula is C19H20BrN5O2. The fourth-order valence-corrected chi connectivity index (χ4v) is 2.81. The molecule has 7 nitrogen and oxygen atoms in total. The highest BCUT2D eigenvalue weighted by Gasteiger charge is 2.18. The van der Waals surface area contributed by atoms with Crippen molar-refractivity contribution in [2.75, 3.05) is 6.61 Å². The number of benzene rings is 2. The zero-order chi connectivity index (χ0) is 19.2. The van der Waals surface area contributed by atoms with Crippen LogP contribution < -0.4 is 10.1 Å². The van der Waals surface area contributed by atoms with Crippen LogP contribution in [0.5, 0.6) is 5.75 Å². The first kappa shape index (κ1) is 19.0. The summed E-state index contributed by atoms with van der Waals surface area (Å²) in [4.78, 5) is 12.2. The van der Waals surface area contributed by atoms with Crippen LogP contribution in [-0.4, -0.2) is 32.7 Å². The number of tetrazole rings is 1. The van der Waals surface area contributed by atoms with Gasteiger partial charge < -0.3 is 10.1 Å².